The maximum Gasteiger partial charge on any atom is 0.317 e. The van der Waals surface area contributed by atoms with Gasteiger partial charge < -0.3 is 10.0 Å². The van der Waals surface area contributed by atoms with Crippen molar-refractivity contribution in [1.29, 1.82) is 0 Å². The van der Waals surface area contributed by atoms with Crippen molar-refractivity contribution in [3.05, 3.63) is 12.2 Å². The summed E-state index contributed by atoms with van der Waals surface area (Å²) in [5.41, 5.74) is 0.991. The first kappa shape index (κ1) is 13.1. The van der Waals surface area contributed by atoms with Crippen LogP contribution in [0.1, 0.15) is 6.92 Å². The van der Waals surface area contributed by atoms with Gasteiger partial charge in [-0.2, -0.15) is 0 Å². The molecule has 82 valence electrons. The van der Waals surface area contributed by atoms with E-state index in [0.717, 1.165) is 18.7 Å². The first-order valence-electron chi connectivity index (χ1n) is 4.65. The average molecular weight is 200 g/mol. The molecule has 0 radical (unpaired) electrons. The zero-order valence-corrected chi connectivity index (χ0v) is 9.29. The van der Waals surface area contributed by atoms with E-state index in [-0.39, 0.29) is 6.54 Å². The molecule has 4 nitrogen and oxygen atoms in total. The molecule has 0 aromatic carbocycles. The number of nitrogens with zero attached hydrogens (tertiary/aromatic N) is 2. The number of likely N-dealkylation sites (N-methyl/N-ethyl adjacent to an activating group) is 1. The van der Waals surface area contributed by atoms with Gasteiger partial charge >= 0.3 is 5.97 Å². The molecule has 0 rings (SSSR count). The lowest BCUT2D eigenvalue weighted by atomic mass is 10.3. The van der Waals surface area contributed by atoms with Crippen LogP contribution in [0.5, 0.6) is 0 Å². The number of carbonyl (C=O) groups is 1. The minimum Gasteiger partial charge on any atom is -0.480 e. The molecule has 0 aliphatic rings. The van der Waals surface area contributed by atoms with E-state index in [1.807, 2.05) is 30.8 Å². The lowest BCUT2D eigenvalue weighted by Crippen LogP contribution is -2.36. The number of hydrogen-bond acceptors (Lipinski definition) is 3. The summed E-state index contributed by atoms with van der Waals surface area (Å²) in [5.74, 6) is -0.787. The Morgan fingerprint density at radius 3 is 2.21 bits per heavy atom. The Morgan fingerprint density at radius 1 is 1.29 bits per heavy atom. The summed E-state index contributed by atoms with van der Waals surface area (Å²) in [7, 11) is 3.94. The van der Waals surface area contributed by atoms with Crippen LogP contribution in [0.3, 0.4) is 0 Å². The third-order valence-electron chi connectivity index (χ3n) is 1.72. The highest BCUT2D eigenvalue weighted by Gasteiger charge is 2.09. The van der Waals surface area contributed by atoms with Crippen molar-refractivity contribution in [3.8, 4) is 0 Å². The molecule has 14 heavy (non-hydrogen) atoms. The summed E-state index contributed by atoms with van der Waals surface area (Å²) in [6.07, 6.45) is 0. The lowest BCUT2D eigenvalue weighted by Gasteiger charge is -2.22. The summed E-state index contributed by atoms with van der Waals surface area (Å²) in [6, 6.07) is 0. The molecule has 0 aromatic heterocycles. The molecule has 4 heteroatoms. The molecule has 0 saturated carbocycles. The molecule has 0 spiro atoms. The third kappa shape index (κ3) is 7.76. The van der Waals surface area contributed by atoms with E-state index >= 15 is 0 Å². The zero-order chi connectivity index (χ0) is 11.1. The van der Waals surface area contributed by atoms with Gasteiger partial charge in [0, 0.05) is 19.6 Å². The molecule has 0 aliphatic heterocycles. The Balaban J connectivity index is 3.96. The van der Waals surface area contributed by atoms with Crippen LogP contribution in [0.15, 0.2) is 12.2 Å². The second-order valence-corrected chi connectivity index (χ2v) is 3.86. The Morgan fingerprint density at radius 2 is 1.86 bits per heavy atom. The summed E-state index contributed by atoms with van der Waals surface area (Å²) < 4.78 is 0. The molecule has 0 unspecified atom stereocenters. The molecule has 0 aliphatic carbocycles. The normalized spacial score (nSPS) is 10.9. The molecule has 0 bridgehead atoms. The Kier molecular flexibility index (Phi) is 6.16. The van der Waals surface area contributed by atoms with Crippen LogP contribution in [0.4, 0.5) is 0 Å². The maximum absolute atomic E-state index is 10.6. The van der Waals surface area contributed by atoms with Crippen molar-refractivity contribution in [2.45, 2.75) is 6.92 Å². The highest BCUT2D eigenvalue weighted by molar-refractivity contribution is 5.69. The Labute approximate surface area is 85.8 Å². The highest BCUT2D eigenvalue weighted by Crippen LogP contribution is 1.95. The number of carboxylic acid groups (broad SMARTS) is 1. The van der Waals surface area contributed by atoms with Gasteiger partial charge in [-0.1, -0.05) is 12.2 Å². The van der Waals surface area contributed by atoms with Crippen LogP contribution < -0.4 is 0 Å². The fourth-order valence-electron chi connectivity index (χ4n) is 1.13. The molecular weight excluding hydrogens is 180 g/mol. The topological polar surface area (TPSA) is 43.8 Å². The molecule has 0 heterocycles. The quantitative estimate of drug-likeness (QED) is 0.608. The number of aliphatic carboxylic acids is 1. The van der Waals surface area contributed by atoms with Crippen molar-refractivity contribution in [2.75, 3.05) is 40.3 Å². The van der Waals surface area contributed by atoms with E-state index in [4.69, 9.17) is 5.11 Å². The predicted octanol–water partition coefficient (Wildman–Crippen LogP) is 0.511. The fourth-order valence-corrected chi connectivity index (χ4v) is 1.13. The van der Waals surface area contributed by atoms with E-state index in [1.54, 1.807) is 0 Å². The monoisotopic (exact) mass is 200 g/mol. The van der Waals surface area contributed by atoms with Gasteiger partial charge in [0.1, 0.15) is 0 Å². The van der Waals surface area contributed by atoms with Gasteiger partial charge in [-0.3, -0.25) is 9.69 Å². The van der Waals surface area contributed by atoms with Gasteiger partial charge in [0.15, 0.2) is 0 Å². The van der Waals surface area contributed by atoms with Crippen LogP contribution in [-0.2, 0) is 4.79 Å². The van der Waals surface area contributed by atoms with Crippen LogP contribution in [-0.4, -0.2) is 61.2 Å². The van der Waals surface area contributed by atoms with Crippen molar-refractivity contribution in [2.24, 2.45) is 0 Å². The van der Waals surface area contributed by atoms with Crippen molar-refractivity contribution < 1.29 is 9.90 Å². The predicted molar refractivity (Wildman–Crippen MR) is 57.4 cm³/mol. The van der Waals surface area contributed by atoms with Gasteiger partial charge in [0.05, 0.1) is 6.54 Å². The average Bonchev–Trinajstić information content (AvgIpc) is 1.97. The number of hydrogen-bond donors (Lipinski definition) is 1. The summed E-state index contributed by atoms with van der Waals surface area (Å²) in [5, 5.41) is 8.68. The molecular formula is C10H20N2O2. The van der Waals surface area contributed by atoms with Crippen LogP contribution in [0.2, 0.25) is 0 Å². The third-order valence-corrected chi connectivity index (χ3v) is 1.72. The standard InChI is InChI=1S/C10H20N2O2/c1-9(2)7-12(8-10(13)14)6-5-11(3)4/h1,5-8H2,2-4H3,(H,13,14). The second-order valence-electron chi connectivity index (χ2n) is 3.86. The van der Waals surface area contributed by atoms with Gasteiger partial charge in [-0.25, -0.2) is 0 Å². The fraction of sp³-hybridized carbons (Fsp3) is 0.700. The molecule has 0 aromatic rings. The Hall–Kier alpha value is -0.870. The van der Waals surface area contributed by atoms with E-state index in [0.29, 0.717) is 6.54 Å². The SMILES string of the molecule is C=C(C)CN(CCN(C)C)CC(=O)O. The summed E-state index contributed by atoms with van der Waals surface area (Å²) in [6.45, 7) is 8.04. The first-order valence-corrected chi connectivity index (χ1v) is 4.65. The summed E-state index contributed by atoms with van der Waals surface area (Å²) >= 11 is 0. The van der Waals surface area contributed by atoms with Crippen molar-refractivity contribution in [3.63, 3.8) is 0 Å². The minimum absolute atomic E-state index is 0.0840. The molecule has 0 amide bonds. The van der Waals surface area contributed by atoms with E-state index in [1.165, 1.54) is 0 Å². The Bertz CT molecular complexity index is 186. The van der Waals surface area contributed by atoms with Crippen molar-refractivity contribution >= 4 is 5.97 Å². The van der Waals surface area contributed by atoms with Crippen LogP contribution >= 0.6 is 0 Å². The van der Waals surface area contributed by atoms with Crippen molar-refractivity contribution in [1.82, 2.24) is 9.80 Å². The maximum atomic E-state index is 10.6. The van der Waals surface area contributed by atoms with E-state index in [2.05, 4.69) is 6.58 Å². The zero-order valence-electron chi connectivity index (χ0n) is 9.29. The van der Waals surface area contributed by atoms with E-state index < -0.39 is 5.97 Å². The van der Waals surface area contributed by atoms with Gasteiger partial charge in [-0.05, 0) is 21.0 Å². The van der Waals surface area contributed by atoms with Gasteiger partial charge in [-0.15, -0.1) is 0 Å². The highest BCUT2D eigenvalue weighted by atomic mass is 16.4. The van der Waals surface area contributed by atoms with Crippen LogP contribution in [0.25, 0.3) is 0 Å². The van der Waals surface area contributed by atoms with Gasteiger partial charge in [0.25, 0.3) is 0 Å². The molecule has 0 atom stereocenters. The summed E-state index contributed by atoms with van der Waals surface area (Å²) in [4.78, 5) is 14.5. The molecule has 0 saturated heterocycles. The van der Waals surface area contributed by atoms with E-state index in [9.17, 15) is 4.79 Å². The van der Waals surface area contributed by atoms with Gasteiger partial charge in [0.2, 0.25) is 0 Å². The van der Waals surface area contributed by atoms with Crippen LogP contribution in [0, 0.1) is 0 Å². The molecule has 0 fully saturated rings. The minimum atomic E-state index is -0.787. The smallest absolute Gasteiger partial charge is 0.317 e. The lowest BCUT2D eigenvalue weighted by molar-refractivity contribution is -0.138. The second kappa shape index (κ2) is 6.56. The largest absolute Gasteiger partial charge is 0.480 e. The molecule has 1 N–H and O–H groups in total. The first-order chi connectivity index (χ1) is 6.41. The number of rotatable bonds is 7. The number of carboxylic acids is 1.